The van der Waals surface area contributed by atoms with E-state index in [4.69, 9.17) is 9.15 Å². The van der Waals surface area contributed by atoms with Crippen LogP contribution in [0.5, 0.6) is 5.75 Å². The van der Waals surface area contributed by atoms with Gasteiger partial charge in [0.1, 0.15) is 11.3 Å². The van der Waals surface area contributed by atoms with Crippen LogP contribution in [0.2, 0.25) is 0 Å². The van der Waals surface area contributed by atoms with Crippen LogP contribution in [-0.4, -0.2) is 6.73 Å². The Kier molecular flexibility index (Phi) is 3.97. The Labute approximate surface area is 164 Å². The monoisotopic (exact) mass is 375 g/mol. The van der Waals surface area contributed by atoms with E-state index in [9.17, 15) is 4.79 Å². The lowest BCUT2D eigenvalue weighted by molar-refractivity contribution is 0.287. The first kappa shape index (κ1) is 17.4. The summed E-state index contributed by atoms with van der Waals surface area (Å²) in [5, 5.41) is 1.09. The van der Waals surface area contributed by atoms with E-state index in [0.29, 0.717) is 12.3 Å². The van der Waals surface area contributed by atoms with E-state index in [2.05, 4.69) is 43.0 Å². The van der Waals surface area contributed by atoms with Crippen LogP contribution in [0, 0.1) is 20.8 Å². The first-order valence-electron chi connectivity index (χ1n) is 10.1. The Morgan fingerprint density at radius 1 is 1.00 bits per heavy atom. The highest BCUT2D eigenvalue weighted by Gasteiger charge is 2.26. The first-order valence-corrected chi connectivity index (χ1v) is 10.1. The van der Waals surface area contributed by atoms with Crippen molar-refractivity contribution in [2.75, 3.05) is 11.6 Å². The molecular formula is C24H25NO3. The van der Waals surface area contributed by atoms with E-state index < -0.39 is 0 Å². The molecule has 0 saturated carbocycles. The van der Waals surface area contributed by atoms with Crippen molar-refractivity contribution in [3.05, 3.63) is 68.1 Å². The van der Waals surface area contributed by atoms with Gasteiger partial charge in [-0.3, -0.25) is 0 Å². The Balaban J connectivity index is 1.66. The van der Waals surface area contributed by atoms with Crippen LogP contribution in [0.4, 0.5) is 5.69 Å². The van der Waals surface area contributed by atoms with Crippen LogP contribution in [0.15, 0.2) is 33.5 Å². The molecule has 0 amide bonds. The topological polar surface area (TPSA) is 42.7 Å². The molecule has 4 heteroatoms. The van der Waals surface area contributed by atoms with Crippen LogP contribution in [0.1, 0.15) is 46.2 Å². The summed E-state index contributed by atoms with van der Waals surface area (Å²) < 4.78 is 11.9. The van der Waals surface area contributed by atoms with Gasteiger partial charge in [-0.25, -0.2) is 4.79 Å². The second kappa shape index (κ2) is 6.40. The molecule has 1 aromatic heterocycles. The normalized spacial score (nSPS) is 15.9. The van der Waals surface area contributed by atoms with Crippen LogP contribution < -0.4 is 15.3 Å². The van der Waals surface area contributed by atoms with Crippen molar-refractivity contribution in [3.63, 3.8) is 0 Å². The van der Waals surface area contributed by atoms with Gasteiger partial charge < -0.3 is 14.1 Å². The number of nitrogens with zero attached hydrogens (tertiary/aromatic N) is 1. The summed E-state index contributed by atoms with van der Waals surface area (Å²) in [4.78, 5) is 14.8. The minimum absolute atomic E-state index is 0.168. The van der Waals surface area contributed by atoms with Gasteiger partial charge in [-0.15, -0.1) is 0 Å². The van der Waals surface area contributed by atoms with Gasteiger partial charge in [-0.05, 0) is 75.3 Å². The SMILES string of the molecule is Cc1ccc(C)c(N2COc3c(cc4c5c(c(=O)oc4c3C)CCCC5)C2)c1. The molecule has 0 spiro atoms. The number of hydrogen-bond acceptors (Lipinski definition) is 4. The van der Waals surface area contributed by atoms with Crippen LogP contribution in [0.3, 0.4) is 0 Å². The molecule has 0 atom stereocenters. The molecule has 3 aromatic rings. The number of benzene rings is 2. The fraction of sp³-hybridized carbons (Fsp3) is 0.375. The van der Waals surface area contributed by atoms with Crippen molar-refractivity contribution in [3.8, 4) is 5.75 Å². The second-order valence-corrected chi connectivity index (χ2v) is 8.18. The fourth-order valence-corrected chi connectivity index (χ4v) is 4.72. The molecule has 5 rings (SSSR count). The van der Waals surface area contributed by atoms with E-state index in [1.54, 1.807) is 0 Å². The average Bonchev–Trinajstić information content (AvgIpc) is 2.71. The Bertz CT molecular complexity index is 1160. The van der Waals surface area contributed by atoms with Gasteiger partial charge in [0.2, 0.25) is 0 Å². The molecule has 1 aliphatic heterocycles. The predicted octanol–water partition coefficient (Wildman–Crippen LogP) is 4.95. The third kappa shape index (κ3) is 2.62. The first-order chi connectivity index (χ1) is 13.5. The zero-order valence-electron chi connectivity index (χ0n) is 16.7. The largest absolute Gasteiger partial charge is 0.472 e. The lowest BCUT2D eigenvalue weighted by Gasteiger charge is -2.33. The van der Waals surface area contributed by atoms with E-state index in [-0.39, 0.29) is 5.63 Å². The molecule has 0 unspecified atom stereocenters. The molecule has 2 aliphatic rings. The standard InChI is InChI=1S/C24H25NO3/c1-14-8-9-15(2)21(10-14)25-12-17-11-20-18-6-4-5-7-19(18)24(26)28-23(20)16(3)22(17)27-13-25/h8-11H,4-7,12-13H2,1-3H3. The smallest absolute Gasteiger partial charge is 0.339 e. The summed E-state index contributed by atoms with van der Waals surface area (Å²) in [6.45, 7) is 7.56. The van der Waals surface area contributed by atoms with Crippen molar-refractivity contribution < 1.29 is 9.15 Å². The van der Waals surface area contributed by atoms with Gasteiger partial charge >= 0.3 is 5.63 Å². The summed E-state index contributed by atoms with van der Waals surface area (Å²) in [5.41, 5.74) is 8.41. The third-order valence-electron chi connectivity index (χ3n) is 6.20. The number of hydrogen-bond donors (Lipinski definition) is 0. The van der Waals surface area contributed by atoms with Crippen molar-refractivity contribution in [2.24, 2.45) is 0 Å². The number of fused-ring (bicyclic) bond motifs is 4. The van der Waals surface area contributed by atoms with Crippen molar-refractivity contribution in [1.29, 1.82) is 0 Å². The molecule has 4 nitrogen and oxygen atoms in total. The molecule has 0 fully saturated rings. The van der Waals surface area contributed by atoms with Gasteiger partial charge in [-0.1, -0.05) is 12.1 Å². The maximum atomic E-state index is 12.5. The number of anilines is 1. The molecule has 28 heavy (non-hydrogen) atoms. The average molecular weight is 375 g/mol. The summed E-state index contributed by atoms with van der Waals surface area (Å²) in [6, 6.07) is 8.72. The summed E-state index contributed by atoms with van der Waals surface area (Å²) >= 11 is 0. The van der Waals surface area contributed by atoms with E-state index in [1.165, 1.54) is 27.9 Å². The van der Waals surface area contributed by atoms with Crippen LogP contribution in [-0.2, 0) is 19.4 Å². The Morgan fingerprint density at radius 2 is 1.79 bits per heavy atom. The van der Waals surface area contributed by atoms with Gasteiger partial charge in [-0.2, -0.15) is 0 Å². The highest BCUT2D eigenvalue weighted by atomic mass is 16.5. The van der Waals surface area contributed by atoms with Crippen molar-refractivity contribution in [2.45, 2.75) is 53.0 Å². The Morgan fingerprint density at radius 3 is 2.61 bits per heavy atom. The number of ether oxygens (including phenoxy) is 1. The zero-order valence-corrected chi connectivity index (χ0v) is 16.7. The number of rotatable bonds is 1. The summed E-state index contributed by atoms with van der Waals surface area (Å²) in [7, 11) is 0. The molecule has 0 N–H and O–H groups in total. The molecular weight excluding hydrogens is 350 g/mol. The van der Waals surface area contributed by atoms with Crippen LogP contribution in [0.25, 0.3) is 11.0 Å². The summed E-state index contributed by atoms with van der Waals surface area (Å²) in [5.74, 6) is 0.868. The van der Waals surface area contributed by atoms with Crippen LogP contribution >= 0.6 is 0 Å². The van der Waals surface area contributed by atoms with E-state index >= 15 is 0 Å². The third-order valence-corrected chi connectivity index (χ3v) is 6.20. The minimum atomic E-state index is -0.168. The van der Waals surface area contributed by atoms with E-state index in [0.717, 1.165) is 54.5 Å². The Hall–Kier alpha value is -2.75. The highest BCUT2D eigenvalue weighted by molar-refractivity contribution is 5.87. The van der Waals surface area contributed by atoms with Gasteiger partial charge in [0.15, 0.2) is 6.73 Å². The molecule has 2 aromatic carbocycles. The van der Waals surface area contributed by atoms with Gasteiger partial charge in [0.05, 0.1) is 0 Å². The van der Waals surface area contributed by atoms with Crippen molar-refractivity contribution >= 4 is 16.7 Å². The summed E-state index contributed by atoms with van der Waals surface area (Å²) in [6.07, 6.45) is 3.98. The maximum Gasteiger partial charge on any atom is 0.339 e. The maximum absolute atomic E-state index is 12.5. The van der Waals surface area contributed by atoms with E-state index in [1.807, 2.05) is 6.92 Å². The molecule has 0 radical (unpaired) electrons. The van der Waals surface area contributed by atoms with Gasteiger partial charge in [0, 0.05) is 34.3 Å². The number of aryl methyl sites for hydroxylation is 4. The second-order valence-electron chi connectivity index (χ2n) is 8.18. The molecule has 0 saturated heterocycles. The molecule has 0 bridgehead atoms. The molecule has 144 valence electrons. The van der Waals surface area contributed by atoms with Crippen molar-refractivity contribution in [1.82, 2.24) is 0 Å². The zero-order chi connectivity index (χ0) is 19.4. The van der Waals surface area contributed by atoms with Gasteiger partial charge in [0.25, 0.3) is 0 Å². The quantitative estimate of drug-likeness (QED) is 0.564. The molecule has 2 heterocycles. The fourth-order valence-electron chi connectivity index (χ4n) is 4.72. The minimum Gasteiger partial charge on any atom is -0.472 e. The lowest BCUT2D eigenvalue weighted by atomic mass is 9.89. The highest BCUT2D eigenvalue weighted by Crippen LogP contribution is 2.39. The molecule has 1 aliphatic carbocycles. The predicted molar refractivity (Wildman–Crippen MR) is 111 cm³/mol. The lowest BCUT2D eigenvalue weighted by Crippen LogP contribution is -2.33.